The quantitative estimate of drug-likeness (QED) is 0.630. The summed E-state index contributed by atoms with van der Waals surface area (Å²) < 4.78 is 4.96. The lowest BCUT2D eigenvalue weighted by atomic mass is 9.81. The lowest BCUT2D eigenvalue weighted by Crippen LogP contribution is -2.11. The largest absolute Gasteiger partial charge is 0.361 e. The van der Waals surface area contributed by atoms with Crippen molar-refractivity contribution in [1.29, 1.82) is 0 Å². The molecule has 0 saturated heterocycles. The molecule has 64 valence electrons. The van der Waals surface area contributed by atoms with Crippen LogP contribution < -0.4 is 0 Å². The van der Waals surface area contributed by atoms with Crippen LogP contribution in [0.4, 0.5) is 0 Å². The van der Waals surface area contributed by atoms with Crippen LogP contribution in [0.1, 0.15) is 47.0 Å². The number of aldehydes is 1. The highest BCUT2D eigenvalue weighted by molar-refractivity contribution is 5.78. The fourth-order valence-electron chi connectivity index (χ4n) is 1.52. The maximum Gasteiger partial charge on any atom is 0.155 e. The summed E-state index contributed by atoms with van der Waals surface area (Å²) in [6.07, 6.45) is 4.38. The van der Waals surface area contributed by atoms with Crippen molar-refractivity contribution in [1.82, 2.24) is 5.16 Å². The van der Waals surface area contributed by atoms with Crippen molar-refractivity contribution < 1.29 is 9.32 Å². The first-order chi connectivity index (χ1) is 5.83. The van der Waals surface area contributed by atoms with Gasteiger partial charge in [-0.05, 0) is 19.8 Å². The minimum atomic E-state index is 0.475. The van der Waals surface area contributed by atoms with Crippen molar-refractivity contribution in [3.8, 4) is 0 Å². The lowest BCUT2D eigenvalue weighted by molar-refractivity contribution is 0.112. The van der Waals surface area contributed by atoms with Gasteiger partial charge in [0.15, 0.2) is 6.29 Å². The van der Waals surface area contributed by atoms with Crippen LogP contribution >= 0.6 is 0 Å². The Kier molecular flexibility index (Phi) is 1.71. The van der Waals surface area contributed by atoms with Gasteiger partial charge in [-0.25, -0.2) is 0 Å². The van der Waals surface area contributed by atoms with Crippen LogP contribution in [-0.2, 0) is 0 Å². The molecule has 0 spiro atoms. The number of hydrogen-bond acceptors (Lipinski definition) is 3. The van der Waals surface area contributed by atoms with Gasteiger partial charge in [0.2, 0.25) is 0 Å². The van der Waals surface area contributed by atoms with Crippen molar-refractivity contribution in [2.45, 2.75) is 32.1 Å². The fourth-order valence-corrected chi connectivity index (χ4v) is 1.52. The molecular formula is C9H11NO2. The Hall–Kier alpha value is -1.12. The SMILES string of the molecule is Cc1onc(C2CCC2)c1C=O. The third-order valence-corrected chi connectivity index (χ3v) is 2.55. The zero-order valence-corrected chi connectivity index (χ0v) is 7.04. The molecule has 1 fully saturated rings. The zero-order valence-electron chi connectivity index (χ0n) is 7.04. The van der Waals surface area contributed by atoms with Crippen molar-refractivity contribution in [3.05, 3.63) is 17.0 Å². The predicted molar refractivity (Wildman–Crippen MR) is 43.2 cm³/mol. The highest BCUT2D eigenvalue weighted by atomic mass is 16.5. The first-order valence-corrected chi connectivity index (χ1v) is 4.24. The van der Waals surface area contributed by atoms with Gasteiger partial charge in [-0.3, -0.25) is 4.79 Å². The molecule has 1 heterocycles. The standard InChI is InChI=1S/C9H11NO2/c1-6-8(5-11)9(10-12-6)7-3-2-4-7/h5,7H,2-4H2,1H3. The molecule has 0 aliphatic heterocycles. The summed E-state index contributed by atoms with van der Waals surface area (Å²) in [5, 5.41) is 3.90. The Morgan fingerprint density at radius 2 is 2.33 bits per heavy atom. The summed E-state index contributed by atoms with van der Waals surface area (Å²) in [7, 11) is 0. The van der Waals surface area contributed by atoms with Crippen LogP contribution in [0.15, 0.2) is 4.52 Å². The molecule has 12 heavy (non-hydrogen) atoms. The van der Waals surface area contributed by atoms with Crippen molar-refractivity contribution in [2.75, 3.05) is 0 Å². The van der Waals surface area contributed by atoms with E-state index in [0.717, 1.165) is 24.8 Å². The highest BCUT2D eigenvalue weighted by Gasteiger charge is 2.26. The van der Waals surface area contributed by atoms with Gasteiger partial charge in [-0.15, -0.1) is 0 Å². The topological polar surface area (TPSA) is 43.1 Å². The summed E-state index contributed by atoms with van der Waals surface area (Å²) in [4.78, 5) is 10.7. The number of carbonyl (C=O) groups excluding carboxylic acids is 1. The summed E-state index contributed by atoms with van der Waals surface area (Å²) in [6.45, 7) is 1.78. The molecule has 1 aliphatic rings. The van der Waals surface area contributed by atoms with Crippen LogP contribution in [0, 0.1) is 6.92 Å². The summed E-state index contributed by atoms with van der Waals surface area (Å²) in [5.41, 5.74) is 1.54. The number of hydrogen-bond donors (Lipinski definition) is 0. The van der Waals surface area contributed by atoms with Crippen molar-refractivity contribution >= 4 is 6.29 Å². The highest BCUT2D eigenvalue weighted by Crippen LogP contribution is 2.37. The number of aromatic nitrogens is 1. The number of carbonyl (C=O) groups is 1. The smallest absolute Gasteiger partial charge is 0.155 e. The minimum Gasteiger partial charge on any atom is -0.361 e. The van der Waals surface area contributed by atoms with Gasteiger partial charge in [0.1, 0.15) is 5.76 Å². The molecule has 0 bridgehead atoms. The van der Waals surface area contributed by atoms with E-state index in [9.17, 15) is 4.79 Å². The Balaban J connectivity index is 2.35. The second-order valence-electron chi connectivity index (χ2n) is 3.28. The van der Waals surface area contributed by atoms with E-state index in [1.165, 1.54) is 6.42 Å². The number of nitrogens with zero attached hydrogens (tertiary/aromatic N) is 1. The molecule has 0 N–H and O–H groups in total. The van der Waals surface area contributed by atoms with E-state index in [1.54, 1.807) is 6.92 Å². The van der Waals surface area contributed by atoms with E-state index in [1.807, 2.05) is 0 Å². The Bertz CT molecular complexity index is 299. The first kappa shape index (κ1) is 7.53. The van der Waals surface area contributed by atoms with Gasteiger partial charge in [-0.1, -0.05) is 11.6 Å². The maximum atomic E-state index is 10.7. The molecule has 0 atom stereocenters. The second-order valence-corrected chi connectivity index (χ2v) is 3.28. The molecule has 0 aromatic carbocycles. The van der Waals surface area contributed by atoms with Gasteiger partial charge in [0.05, 0.1) is 11.3 Å². The van der Waals surface area contributed by atoms with E-state index in [0.29, 0.717) is 17.2 Å². The monoisotopic (exact) mass is 165 g/mol. The van der Waals surface area contributed by atoms with Crippen LogP contribution in [0.25, 0.3) is 0 Å². The van der Waals surface area contributed by atoms with E-state index in [4.69, 9.17) is 4.52 Å². The minimum absolute atomic E-state index is 0.475. The maximum absolute atomic E-state index is 10.7. The van der Waals surface area contributed by atoms with Gasteiger partial charge < -0.3 is 4.52 Å². The second kappa shape index (κ2) is 2.73. The summed E-state index contributed by atoms with van der Waals surface area (Å²) in [5.74, 6) is 1.12. The lowest BCUT2D eigenvalue weighted by Gasteiger charge is -2.22. The first-order valence-electron chi connectivity index (χ1n) is 4.24. The predicted octanol–water partition coefficient (Wildman–Crippen LogP) is 2.06. The van der Waals surface area contributed by atoms with Gasteiger partial charge >= 0.3 is 0 Å². The molecule has 1 aromatic rings. The summed E-state index contributed by atoms with van der Waals surface area (Å²) >= 11 is 0. The van der Waals surface area contributed by atoms with E-state index < -0.39 is 0 Å². The molecule has 0 radical (unpaired) electrons. The zero-order chi connectivity index (χ0) is 8.55. The van der Waals surface area contributed by atoms with Crippen LogP contribution in [0.5, 0.6) is 0 Å². The molecular weight excluding hydrogens is 154 g/mol. The van der Waals surface area contributed by atoms with Crippen molar-refractivity contribution in [3.63, 3.8) is 0 Å². The molecule has 3 heteroatoms. The van der Waals surface area contributed by atoms with Crippen LogP contribution in [0.3, 0.4) is 0 Å². The fraction of sp³-hybridized carbons (Fsp3) is 0.556. The molecule has 1 saturated carbocycles. The third kappa shape index (κ3) is 0.967. The third-order valence-electron chi connectivity index (χ3n) is 2.55. The molecule has 3 nitrogen and oxygen atoms in total. The van der Waals surface area contributed by atoms with E-state index in [-0.39, 0.29) is 0 Å². The van der Waals surface area contributed by atoms with Gasteiger partial charge in [0.25, 0.3) is 0 Å². The summed E-state index contributed by atoms with van der Waals surface area (Å²) in [6, 6.07) is 0. The Morgan fingerprint density at radius 1 is 1.58 bits per heavy atom. The molecule has 0 amide bonds. The molecule has 0 unspecified atom stereocenters. The Labute approximate surface area is 70.7 Å². The molecule has 1 aliphatic carbocycles. The van der Waals surface area contributed by atoms with Gasteiger partial charge in [-0.2, -0.15) is 0 Å². The van der Waals surface area contributed by atoms with E-state index in [2.05, 4.69) is 5.16 Å². The number of aryl methyl sites for hydroxylation is 1. The average molecular weight is 165 g/mol. The van der Waals surface area contributed by atoms with Crippen LogP contribution in [-0.4, -0.2) is 11.4 Å². The number of rotatable bonds is 2. The Morgan fingerprint density at radius 3 is 2.83 bits per heavy atom. The average Bonchev–Trinajstić information content (AvgIpc) is 2.29. The normalized spacial score (nSPS) is 17.4. The molecule has 2 rings (SSSR count). The van der Waals surface area contributed by atoms with E-state index >= 15 is 0 Å². The van der Waals surface area contributed by atoms with Crippen LogP contribution in [0.2, 0.25) is 0 Å². The van der Waals surface area contributed by atoms with Gasteiger partial charge in [0, 0.05) is 5.92 Å². The molecule has 1 aromatic heterocycles. The van der Waals surface area contributed by atoms with Crippen molar-refractivity contribution in [2.24, 2.45) is 0 Å².